The number of carbonyl (C=O) groups is 1. The fourth-order valence-corrected chi connectivity index (χ4v) is 4.99. The Morgan fingerprint density at radius 1 is 0.545 bits per heavy atom. The molecule has 3 rings (SSSR count). The van der Waals surface area contributed by atoms with Gasteiger partial charge in [-0.2, -0.15) is 0 Å². The Balaban J connectivity index is 0.000000254. The molecule has 3 aromatic carbocycles. The Morgan fingerprint density at radius 2 is 0.939 bits per heavy atom. The van der Waals surface area contributed by atoms with Gasteiger partial charge in [-0.25, -0.2) is 0 Å². The Bertz CT molecular complexity index is 813. The van der Waals surface area contributed by atoms with E-state index in [1.165, 1.54) is 67.5 Å². The van der Waals surface area contributed by atoms with E-state index in [2.05, 4.69) is 91.0 Å². The number of hydrogen-bond acceptors (Lipinski definition) is 1. The second-order valence-electron chi connectivity index (χ2n) is 8.53. The lowest BCUT2D eigenvalue weighted by Crippen LogP contribution is -2.01. The Kier molecular flexibility index (Phi) is 14.7. The van der Waals surface area contributed by atoms with Crippen molar-refractivity contribution in [2.45, 2.75) is 70.6 Å². The average Bonchev–Trinajstić information content (AvgIpc) is 2.85. The summed E-state index contributed by atoms with van der Waals surface area (Å²) in [6.45, 7) is 0. The predicted molar refractivity (Wildman–Crippen MR) is 146 cm³/mol. The first-order chi connectivity index (χ1) is 16.2. The maximum atomic E-state index is 10.3. The van der Waals surface area contributed by atoms with Crippen molar-refractivity contribution in [1.29, 1.82) is 0 Å². The zero-order valence-corrected chi connectivity index (χ0v) is 21.0. The van der Waals surface area contributed by atoms with Crippen LogP contribution in [0.2, 0.25) is 0 Å². The van der Waals surface area contributed by atoms with Crippen LogP contribution in [0.3, 0.4) is 0 Å². The standard InChI is InChI=1S/C18H28O2.C12H11P/c19-18(20)16-12-7-5-3-1-2-4-6-9-13-17-14-10-8-11-15-17;1-3-7-11(8-4-1)13-12-9-5-2-6-10-12/h8,10-11,14-15H,1-7,9,12-13,16H2,(H,19,20);1-10,13H/p+1. The monoisotopic (exact) mass is 463 g/mol. The van der Waals surface area contributed by atoms with Gasteiger partial charge in [0.15, 0.2) is 0 Å². The molecule has 2 nitrogen and oxygen atoms in total. The maximum Gasteiger partial charge on any atom is 0.303 e. The number of unbranched alkanes of at least 4 members (excludes halogenated alkanes) is 8. The highest BCUT2D eigenvalue weighted by Gasteiger charge is 2.00. The quantitative estimate of drug-likeness (QED) is 0.202. The van der Waals surface area contributed by atoms with Gasteiger partial charge in [0.05, 0.1) is 19.2 Å². The molecule has 0 aliphatic rings. The minimum absolute atomic E-state index is 0.271. The van der Waals surface area contributed by atoms with E-state index in [1.54, 1.807) is 0 Å². The summed E-state index contributed by atoms with van der Waals surface area (Å²) in [6.07, 6.45) is 12.5. The van der Waals surface area contributed by atoms with Gasteiger partial charge in [-0.1, -0.05) is 112 Å². The summed E-state index contributed by atoms with van der Waals surface area (Å²) in [4.78, 5) is 10.3. The van der Waals surface area contributed by atoms with Crippen LogP contribution in [0.25, 0.3) is 0 Å². The van der Waals surface area contributed by atoms with Crippen molar-refractivity contribution >= 4 is 25.2 Å². The molecule has 0 aromatic heterocycles. The van der Waals surface area contributed by atoms with E-state index in [1.807, 2.05) is 0 Å². The molecule has 33 heavy (non-hydrogen) atoms. The molecule has 3 heteroatoms. The van der Waals surface area contributed by atoms with Gasteiger partial charge in [-0.15, -0.1) is 0 Å². The molecule has 0 fully saturated rings. The van der Waals surface area contributed by atoms with E-state index in [-0.39, 0.29) is 8.58 Å². The van der Waals surface area contributed by atoms with E-state index in [0.717, 1.165) is 12.8 Å². The molecule has 0 atom stereocenters. The zero-order valence-electron chi connectivity index (χ0n) is 19.9. The van der Waals surface area contributed by atoms with Crippen LogP contribution in [-0.4, -0.2) is 11.1 Å². The average molecular weight is 464 g/mol. The number of aryl methyl sites for hydroxylation is 1. The number of rotatable bonds is 14. The summed E-state index contributed by atoms with van der Waals surface area (Å²) in [5.41, 5.74) is 1.45. The molecule has 3 aromatic rings. The van der Waals surface area contributed by atoms with E-state index >= 15 is 0 Å². The van der Waals surface area contributed by atoms with Gasteiger partial charge < -0.3 is 5.11 Å². The fraction of sp³-hybridized carbons (Fsp3) is 0.367. The minimum Gasteiger partial charge on any atom is -0.481 e. The van der Waals surface area contributed by atoms with Gasteiger partial charge in [0, 0.05) is 6.42 Å². The lowest BCUT2D eigenvalue weighted by atomic mass is 10.0. The molecule has 0 saturated heterocycles. The Morgan fingerprint density at radius 3 is 1.39 bits per heavy atom. The normalized spacial score (nSPS) is 10.3. The van der Waals surface area contributed by atoms with E-state index in [9.17, 15) is 4.79 Å². The highest BCUT2D eigenvalue weighted by atomic mass is 31.1. The summed E-state index contributed by atoms with van der Waals surface area (Å²) in [6, 6.07) is 32.0. The van der Waals surface area contributed by atoms with Crippen LogP contribution in [0, 0.1) is 0 Å². The first kappa shape index (κ1) is 26.8. The van der Waals surface area contributed by atoms with Crippen molar-refractivity contribution in [3.05, 3.63) is 96.6 Å². The van der Waals surface area contributed by atoms with Gasteiger partial charge in [-0.05, 0) is 49.1 Å². The zero-order chi connectivity index (χ0) is 23.4. The molecule has 1 N–H and O–H groups in total. The van der Waals surface area contributed by atoms with Crippen LogP contribution < -0.4 is 10.6 Å². The van der Waals surface area contributed by atoms with Crippen LogP contribution in [0.1, 0.15) is 69.8 Å². The highest BCUT2D eigenvalue weighted by molar-refractivity contribution is 7.55. The molecule has 0 aliphatic heterocycles. The van der Waals surface area contributed by atoms with Gasteiger partial charge in [0.2, 0.25) is 0 Å². The number of carboxylic acids is 1. The van der Waals surface area contributed by atoms with Crippen molar-refractivity contribution in [3.63, 3.8) is 0 Å². The largest absolute Gasteiger partial charge is 0.481 e. The number of aliphatic carboxylic acids is 1. The van der Waals surface area contributed by atoms with Crippen LogP contribution >= 0.6 is 8.58 Å². The van der Waals surface area contributed by atoms with Gasteiger partial charge in [0.1, 0.15) is 0 Å². The summed E-state index contributed by atoms with van der Waals surface area (Å²) in [7, 11) is 0.271. The fourth-order valence-electron chi connectivity index (χ4n) is 3.78. The maximum absolute atomic E-state index is 10.3. The Labute approximate surface area is 202 Å². The van der Waals surface area contributed by atoms with E-state index in [0.29, 0.717) is 6.42 Å². The summed E-state index contributed by atoms with van der Waals surface area (Å²) < 4.78 is 0. The molecule has 176 valence electrons. The van der Waals surface area contributed by atoms with Crippen molar-refractivity contribution < 1.29 is 9.90 Å². The van der Waals surface area contributed by atoms with Gasteiger partial charge in [-0.3, -0.25) is 4.79 Å². The summed E-state index contributed by atoms with van der Waals surface area (Å²) >= 11 is 0. The topological polar surface area (TPSA) is 37.3 Å². The Hall–Kier alpha value is -2.44. The number of carboxylic acid groups (broad SMARTS) is 1. The van der Waals surface area contributed by atoms with Crippen molar-refractivity contribution in [1.82, 2.24) is 0 Å². The van der Waals surface area contributed by atoms with Crippen LogP contribution in [-0.2, 0) is 11.2 Å². The highest BCUT2D eigenvalue weighted by Crippen LogP contribution is 2.12. The third-order valence-corrected chi connectivity index (χ3v) is 7.07. The van der Waals surface area contributed by atoms with Gasteiger partial charge in [0.25, 0.3) is 0 Å². The molecule has 0 aliphatic carbocycles. The first-order valence-corrected chi connectivity index (χ1v) is 13.6. The summed E-state index contributed by atoms with van der Waals surface area (Å²) in [5.74, 6) is -0.664. The number of hydrogen-bond donors (Lipinski definition) is 1. The van der Waals surface area contributed by atoms with E-state index < -0.39 is 5.97 Å². The SMILES string of the molecule is O=C(O)CCCCCCCCCCCc1ccccc1.c1ccc([PH2+]c2ccccc2)cc1. The third kappa shape index (κ3) is 14.3. The second kappa shape index (κ2) is 18.0. The van der Waals surface area contributed by atoms with Crippen LogP contribution in [0.5, 0.6) is 0 Å². The predicted octanol–water partition coefficient (Wildman–Crippen LogP) is 7.26. The molecule has 0 heterocycles. The molecule has 0 saturated carbocycles. The first-order valence-electron chi connectivity index (χ1n) is 12.4. The molecule has 0 unspecified atom stereocenters. The van der Waals surface area contributed by atoms with Crippen molar-refractivity contribution in [2.24, 2.45) is 0 Å². The molecule has 0 bridgehead atoms. The number of benzene rings is 3. The molecular weight excluding hydrogens is 423 g/mol. The third-order valence-electron chi connectivity index (χ3n) is 5.63. The smallest absolute Gasteiger partial charge is 0.303 e. The molecule has 0 spiro atoms. The lowest BCUT2D eigenvalue weighted by Gasteiger charge is -2.03. The van der Waals surface area contributed by atoms with Gasteiger partial charge >= 0.3 is 5.97 Å². The lowest BCUT2D eigenvalue weighted by molar-refractivity contribution is -0.137. The van der Waals surface area contributed by atoms with E-state index in [4.69, 9.17) is 5.11 Å². The summed E-state index contributed by atoms with van der Waals surface area (Å²) in [5, 5.41) is 11.4. The van der Waals surface area contributed by atoms with Crippen LogP contribution in [0.4, 0.5) is 0 Å². The molecule has 0 radical (unpaired) electrons. The molecular formula is C30H40O2P+. The van der Waals surface area contributed by atoms with Crippen LogP contribution in [0.15, 0.2) is 91.0 Å². The second-order valence-corrected chi connectivity index (χ2v) is 10.1. The van der Waals surface area contributed by atoms with Crippen molar-refractivity contribution in [2.75, 3.05) is 0 Å². The minimum atomic E-state index is -0.664. The van der Waals surface area contributed by atoms with Crippen molar-refractivity contribution in [3.8, 4) is 0 Å². The molecule has 0 amide bonds.